The van der Waals surface area contributed by atoms with Gasteiger partial charge in [-0.3, -0.25) is 19.3 Å². The van der Waals surface area contributed by atoms with Crippen LogP contribution in [0.2, 0.25) is 5.02 Å². The van der Waals surface area contributed by atoms with Gasteiger partial charge in [-0.25, -0.2) is 0 Å². The maximum atomic E-state index is 14.4. The van der Waals surface area contributed by atoms with Crippen molar-refractivity contribution >= 4 is 52.2 Å². The van der Waals surface area contributed by atoms with Gasteiger partial charge in [-0.1, -0.05) is 49.1 Å². The van der Waals surface area contributed by atoms with Crippen LogP contribution in [-0.2, 0) is 15.7 Å². The monoisotopic (exact) mass is 663 g/mol. The summed E-state index contributed by atoms with van der Waals surface area (Å²) in [6.45, 7) is 0.693. The van der Waals surface area contributed by atoms with E-state index >= 15 is 0 Å². The summed E-state index contributed by atoms with van der Waals surface area (Å²) in [6.07, 6.45) is 1.27. The van der Waals surface area contributed by atoms with Crippen LogP contribution in [0.5, 0.6) is 0 Å². The molecule has 0 unspecified atom stereocenters. The lowest BCUT2D eigenvalue weighted by Crippen LogP contribution is -2.45. The number of nitrogens with zero attached hydrogens (tertiary/aromatic N) is 2. The van der Waals surface area contributed by atoms with Crippen LogP contribution in [0.25, 0.3) is 0 Å². The Labute approximate surface area is 267 Å². The molecule has 3 amide bonds. The van der Waals surface area contributed by atoms with Crippen molar-refractivity contribution in [3.63, 3.8) is 0 Å². The number of aromatic nitrogens is 1. The average molecular weight is 664 g/mol. The van der Waals surface area contributed by atoms with Crippen LogP contribution in [0.3, 0.4) is 0 Å². The Morgan fingerprint density at radius 1 is 1.07 bits per heavy atom. The zero-order chi connectivity index (χ0) is 32.1. The zero-order valence-electron chi connectivity index (χ0n) is 24.2. The van der Waals surface area contributed by atoms with E-state index in [0.29, 0.717) is 23.2 Å². The maximum Gasteiger partial charge on any atom is 0.416 e. The molecular formula is C31H33ClF3N5O4S. The highest BCUT2D eigenvalue weighted by molar-refractivity contribution is 7.09. The van der Waals surface area contributed by atoms with Crippen molar-refractivity contribution in [3.05, 3.63) is 75.3 Å². The minimum Gasteiger partial charge on any atom is -0.395 e. The number of halogens is 4. The van der Waals surface area contributed by atoms with Gasteiger partial charge in [0.1, 0.15) is 10.9 Å². The van der Waals surface area contributed by atoms with Crippen LogP contribution in [-0.4, -0.2) is 47.4 Å². The average Bonchev–Trinajstić information content (AvgIpc) is 3.69. The lowest BCUT2D eigenvalue weighted by Gasteiger charge is -2.32. The highest BCUT2D eigenvalue weighted by Crippen LogP contribution is 2.37. The molecule has 4 N–H and O–H groups in total. The third kappa shape index (κ3) is 7.77. The van der Waals surface area contributed by atoms with E-state index in [0.717, 1.165) is 68.0 Å². The molecule has 5 rings (SSSR count). The summed E-state index contributed by atoms with van der Waals surface area (Å²) in [7, 11) is 0. The number of nitrogen functional groups attached to an aromatic ring is 1. The largest absolute Gasteiger partial charge is 0.416 e. The number of nitrogens with two attached hydrogens (primary N) is 1. The SMILES string of the molecule is Nc1c(C(=O)NC2CCCCC2)nsc1C(=O)N(c1cccc(C(F)(F)F)c1)[C@@H](C(=O)NC[C@@H]1CCCO1)c1ccc(Cl)cc1. The summed E-state index contributed by atoms with van der Waals surface area (Å²) < 4.78 is 51.3. The van der Waals surface area contributed by atoms with Crippen LogP contribution in [0, 0.1) is 0 Å². The van der Waals surface area contributed by atoms with Crippen LogP contribution < -0.4 is 21.3 Å². The summed E-state index contributed by atoms with van der Waals surface area (Å²) in [5, 5.41) is 6.07. The van der Waals surface area contributed by atoms with E-state index in [-0.39, 0.29) is 46.2 Å². The van der Waals surface area contributed by atoms with Gasteiger partial charge in [0.05, 0.1) is 17.4 Å². The van der Waals surface area contributed by atoms with Gasteiger partial charge in [-0.2, -0.15) is 17.5 Å². The molecular weight excluding hydrogens is 631 g/mol. The Balaban J connectivity index is 1.55. The first-order valence-corrected chi connectivity index (χ1v) is 15.9. The van der Waals surface area contributed by atoms with Gasteiger partial charge in [-0.15, -0.1) is 0 Å². The Morgan fingerprint density at radius 3 is 2.47 bits per heavy atom. The van der Waals surface area contributed by atoms with E-state index < -0.39 is 35.5 Å². The molecule has 0 radical (unpaired) electrons. The molecule has 14 heteroatoms. The van der Waals surface area contributed by atoms with E-state index in [2.05, 4.69) is 15.0 Å². The smallest absolute Gasteiger partial charge is 0.395 e. The Morgan fingerprint density at radius 2 is 1.80 bits per heavy atom. The van der Waals surface area contributed by atoms with Crippen molar-refractivity contribution in [2.24, 2.45) is 0 Å². The number of hydrogen-bond donors (Lipinski definition) is 3. The lowest BCUT2D eigenvalue weighted by atomic mass is 9.95. The molecule has 1 saturated carbocycles. The molecule has 2 fully saturated rings. The fraction of sp³-hybridized carbons (Fsp3) is 0.419. The fourth-order valence-electron chi connectivity index (χ4n) is 5.62. The first-order chi connectivity index (χ1) is 21.5. The highest BCUT2D eigenvalue weighted by atomic mass is 35.5. The topological polar surface area (TPSA) is 127 Å². The number of hydrogen-bond acceptors (Lipinski definition) is 7. The predicted molar refractivity (Wildman–Crippen MR) is 165 cm³/mol. The maximum absolute atomic E-state index is 14.4. The van der Waals surface area contributed by atoms with Crippen molar-refractivity contribution < 1.29 is 32.3 Å². The third-order valence-corrected chi connectivity index (χ3v) is 9.07. The molecule has 0 spiro atoms. The van der Waals surface area contributed by atoms with Crippen LogP contribution in [0.4, 0.5) is 24.5 Å². The van der Waals surface area contributed by atoms with Gasteiger partial charge in [0.25, 0.3) is 11.8 Å². The zero-order valence-corrected chi connectivity index (χ0v) is 25.8. The molecule has 1 aliphatic carbocycles. The van der Waals surface area contributed by atoms with Gasteiger partial charge in [0.15, 0.2) is 5.69 Å². The number of ether oxygens (including phenoxy) is 1. The van der Waals surface area contributed by atoms with Crippen molar-refractivity contribution in [1.82, 2.24) is 15.0 Å². The normalized spacial score (nSPS) is 17.9. The number of carbonyl (C=O) groups excluding carboxylic acids is 3. The quantitative estimate of drug-likeness (QED) is 0.252. The number of amides is 3. The second-order valence-electron chi connectivity index (χ2n) is 11.1. The summed E-state index contributed by atoms with van der Waals surface area (Å²) >= 11 is 6.75. The Hall–Kier alpha value is -3.68. The number of anilines is 2. The molecule has 2 aliphatic rings. The standard InChI is InChI=1S/C31H33ClF3N5O4S/c32-20-13-11-18(12-14-20)26(29(42)37-17-23-10-5-15-44-23)40(22-9-4-6-19(16-22)31(33,34)35)30(43)27-24(36)25(39-45-27)28(41)38-21-7-2-1-3-8-21/h4,6,9,11-14,16,21,23,26H,1-3,5,7-8,10,15,17,36H2,(H,37,42)(H,38,41)/t23-,26+/m0/s1. The molecule has 0 bridgehead atoms. The van der Waals surface area contributed by atoms with Crippen molar-refractivity contribution in [1.29, 1.82) is 0 Å². The molecule has 240 valence electrons. The summed E-state index contributed by atoms with van der Waals surface area (Å²) in [6, 6.07) is 8.70. The van der Waals surface area contributed by atoms with Gasteiger partial charge in [-0.05, 0) is 73.1 Å². The number of carbonyl (C=O) groups is 3. The number of benzene rings is 2. The van der Waals surface area contributed by atoms with E-state index in [1.54, 1.807) is 0 Å². The molecule has 2 heterocycles. The van der Waals surface area contributed by atoms with Gasteiger partial charge >= 0.3 is 6.18 Å². The molecule has 45 heavy (non-hydrogen) atoms. The number of alkyl halides is 3. The van der Waals surface area contributed by atoms with Crippen LogP contribution in [0.1, 0.15) is 82.3 Å². The van der Waals surface area contributed by atoms with E-state index in [9.17, 15) is 27.6 Å². The molecule has 2 aromatic carbocycles. The summed E-state index contributed by atoms with van der Waals surface area (Å²) in [5.41, 5.74) is 5.02. The second-order valence-corrected chi connectivity index (χ2v) is 12.3. The minimum absolute atomic E-state index is 0.0464. The molecule has 2 atom stereocenters. The number of nitrogens with one attached hydrogen (secondary N) is 2. The lowest BCUT2D eigenvalue weighted by molar-refractivity contribution is -0.137. The third-order valence-electron chi connectivity index (χ3n) is 7.97. The Bertz CT molecular complexity index is 1520. The Kier molecular flexibility index (Phi) is 10.3. The summed E-state index contributed by atoms with van der Waals surface area (Å²) in [5.74, 6) is -2.09. The first kappa shape index (κ1) is 32.7. The predicted octanol–water partition coefficient (Wildman–Crippen LogP) is 6.14. The van der Waals surface area contributed by atoms with Crippen molar-refractivity contribution in [3.8, 4) is 0 Å². The first-order valence-electron chi connectivity index (χ1n) is 14.7. The van der Waals surface area contributed by atoms with Gasteiger partial charge in [0.2, 0.25) is 5.91 Å². The van der Waals surface area contributed by atoms with E-state index in [1.807, 2.05) is 0 Å². The fourth-order valence-corrected chi connectivity index (χ4v) is 6.48. The molecule has 3 aromatic rings. The molecule has 1 saturated heterocycles. The minimum atomic E-state index is -4.73. The van der Waals surface area contributed by atoms with Crippen molar-refractivity contribution in [2.45, 2.75) is 69.3 Å². The number of rotatable bonds is 9. The van der Waals surface area contributed by atoms with Gasteiger partial charge < -0.3 is 21.1 Å². The van der Waals surface area contributed by atoms with Crippen molar-refractivity contribution in [2.75, 3.05) is 23.8 Å². The van der Waals surface area contributed by atoms with E-state index in [4.69, 9.17) is 22.1 Å². The van der Waals surface area contributed by atoms with Crippen LogP contribution in [0.15, 0.2) is 48.5 Å². The highest BCUT2D eigenvalue weighted by Gasteiger charge is 2.38. The molecule has 1 aromatic heterocycles. The summed E-state index contributed by atoms with van der Waals surface area (Å²) in [4.78, 5) is 42.1. The van der Waals surface area contributed by atoms with Gasteiger partial charge in [0, 0.05) is 29.9 Å². The molecule has 1 aliphatic heterocycles. The van der Waals surface area contributed by atoms with E-state index in [1.165, 1.54) is 30.3 Å². The van der Waals surface area contributed by atoms with Crippen LogP contribution >= 0.6 is 23.1 Å². The molecule has 9 nitrogen and oxygen atoms in total. The second kappa shape index (κ2) is 14.2.